The first-order chi connectivity index (χ1) is 11.1. The normalized spacial score (nSPS) is 11.5. The van der Waals surface area contributed by atoms with Crippen molar-refractivity contribution in [3.63, 3.8) is 0 Å². The Hall–Kier alpha value is -2.89. The summed E-state index contributed by atoms with van der Waals surface area (Å²) in [6.45, 7) is 1.96. The van der Waals surface area contributed by atoms with Gasteiger partial charge in [-0.2, -0.15) is 0 Å². The van der Waals surface area contributed by atoms with Crippen LogP contribution in [0.25, 0.3) is 0 Å². The van der Waals surface area contributed by atoms with Crippen molar-refractivity contribution >= 4 is 12.1 Å². The van der Waals surface area contributed by atoms with Gasteiger partial charge in [-0.25, -0.2) is 4.79 Å². The third-order valence-corrected chi connectivity index (χ3v) is 3.34. The number of pyridine rings is 1. The molecule has 1 unspecified atom stereocenters. The van der Waals surface area contributed by atoms with Crippen molar-refractivity contribution in [3.05, 3.63) is 65.5 Å². The number of rotatable bonds is 6. The van der Waals surface area contributed by atoms with Gasteiger partial charge in [0.05, 0.1) is 12.5 Å². The lowest BCUT2D eigenvalue weighted by Crippen LogP contribution is -2.31. The predicted molar refractivity (Wildman–Crippen MR) is 83.7 cm³/mol. The first-order valence-electron chi connectivity index (χ1n) is 7.16. The van der Waals surface area contributed by atoms with Crippen LogP contribution in [0.1, 0.15) is 29.2 Å². The number of aryl methyl sites for hydroxylation is 1. The zero-order valence-corrected chi connectivity index (χ0v) is 12.7. The molecule has 0 aliphatic carbocycles. The standard InChI is InChI=1S/C17H18N2O4/c1-12-7-8-18-10-14(12)15(9-16(20)21)19-17(22)23-11-13-5-3-2-4-6-13/h2-8,10,15H,9,11H2,1H3,(H,19,22)(H,20,21). The largest absolute Gasteiger partial charge is 0.481 e. The molecule has 0 radical (unpaired) electrons. The number of carbonyl (C=O) groups excluding carboxylic acids is 1. The second-order valence-corrected chi connectivity index (χ2v) is 5.09. The Kier molecular flexibility index (Phi) is 5.68. The third-order valence-electron chi connectivity index (χ3n) is 3.34. The van der Waals surface area contributed by atoms with Gasteiger partial charge in [0.25, 0.3) is 0 Å². The molecule has 6 heteroatoms. The van der Waals surface area contributed by atoms with Gasteiger partial charge in [-0.1, -0.05) is 30.3 Å². The number of aromatic nitrogens is 1. The zero-order valence-electron chi connectivity index (χ0n) is 12.7. The van der Waals surface area contributed by atoms with Gasteiger partial charge in [-0.15, -0.1) is 0 Å². The van der Waals surface area contributed by atoms with Gasteiger partial charge >= 0.3 is 12.1 Å². The number of amides is 1. The minimum absolute atomic E-state index is 0.123. The van der Waals surface area contributed by atoms with Crippen molar-refractivity contribution < 1.29 is 19.4 Å². The van der Waals surface area contributed by atoms with Crippen LogP contribution in [0.4, 0.5) is 4.79 Å². The molecule has 1 atom stereocenters. The van der Waals surface area contributed by atoms with E-state index in [1.54, 1.807) is 18.5 Å². The molecule has 0 aliphatic rings. The Morgan fingerprint density at radius 3 is 2.65 bits per heavy atom. The topological polar surface area (TPSA) is 88.5 Å². The SMILES string of the molecule is Cc1ccncc1C(CC(=O)O)NC(=O)OCc1ccccc1. The smallest absolute Gasteiger partial charge is 0.407 e. The lowest BCUT2D eigenvalue weighted by Gasteiger charge is -2.18. The van der Waals surface area contributed by atoms with E-state index in [1.165, 1.54) is 0 Å². The predicted octanol–water partition coefficient (Wildman–Crippen LogP) is 2.83. The van der Waals surface area contributed by atoms with Crippen molar-refractivity contribution in [1.82, 2.24) is 10.3 Å². The first-order valence-corrected chi connectivity index (χ1v) is 7.16. The summed E-state index contributed by atoms with van der Waals surface area (Å²) in [4.78, 5) is 27.0. The molecular weight excluding hydrogens is 296 g/mol. The molecule has 0 bridgehead atoms. The van der Waals surface area contributed by atoms with Crippen LogP contribution in [-0.2, 0) is 16.1 Å². The Morgan fingerprint density at radius 2 is 2.00 bits per heavy atom. The summed E-state index contributed by atoms with van der Waals surface area (Å²) < 4.78 is 5.14. The molecule has 0 saturated carbocycles. The van der Waals surface area contributed by atoms with E-state index in [4.69, 9.17) is 9.84 Å². The molecule has 0 spiro atoms. The zero-order chi connectivity index (χ0) is 16.7. The molecule has 0 fully saturated rings. The van der Waals surface area contributed by atoms with Crippen molar-refractivity contribution in [1.29, 1.82) is 0 Å². The molecule has 1 aromatic carbocycles. The Labute approximate surface area is 134 Å². The molecular formula is C17H18N2O4. The molecule has 2 aromatic rings. The van der Waals surface area contributed by atoms with Crippen LogP contribution in [0.15, 0.2) is 48.8 Å². The average molecular weight is 314 g/mol. The third kappa shape index (κ3) is 5.10. The Balaban J connectivity index is 2.01. The van der Waals surface area contributed by atoms with Crippen molar-refractivity contribution in [2.45, 2.75) is 26.0 Å². The maximum Gasteiger partial charge on any atom is 0.407 e. The number of carboxylic acid groups (broad SMARTS) is 1. The van der Waals surface area contributed by atoms with E-state index in [0.29, 0.717) is 5.56 Å². The van der Waals surface area contributed by atoms with Crippen molar-refractivity contribution in [2.24, 2.45) is 0 Å². The molecule has 23 heavy (non-hydrogen) atoms. The number of carbonyl (C=O) groups is 2. The number of alkyl carbamates (subject to hydrolysis) is 1. The lowest BCUT2D eigenvalue weighted by atomic mass is 10.0. The summed E-state index contributed by atoms with van der Waals surface area (Å²) in [5.41, 5.74) is 2.37. The molecule has 0 aliphatic heterocycles. The second-order valence-electron chi connectivity index (χ2n) is 5.09. The minimum Gasteiger partial charge on any atom is -0.481 e. The highest BCUT2D eigenvalue weighted by molar-refractivity contribution is 5.72. The van der Waals surface area contributed by atoms with E-state index in [-0.39, 0.29) is 13.0 Å². The highest BCUT2D eigenvalue weighted by Gasteiger charge is 2.20. The summed E-state index contributed by atoms with van der Waals surface area (Å²) in [6.07, 6.45) is 2.26. The first kappa shape index (κ1) is 16.5. The van der Waals surface area contributed by atoms with E-state index < -0.39 is 18.1 Å². The van der Waals surface area contributed by atoms with Gasteiger partial charge in [0, 0.05) is 12.4 Å². The molecule has 2 rings (SSSR count). The van der Waals surface area contributed by atoms with Crippen molar-refractivity contribution in [2.75, 3.05) is 0 Å². The number of aliphatic carboxylic acids is 1. The average Bonchev–Trinajstić information content (AvgIpc) is 2.53. The van der Waals surface area contributed by atoms with Gasteiger partial charge in [0.15, 0.2) is 0 Å². The maximum absolute atomic E-state index is 11.9. The summed E-state index contributed by atoms with van der Waals surface area (Å²) in [7, 11) is 0. The summed E-state index contributed by atoms with van der Waals surface area (Å²) in [5, 5.41) is 11.6. The number of hydrogen-bond acceptors (Lipinski definition) is 4. The molecule has 6 nitrogen and oxygen atoms in total. The maximum atomic E-state index is 11.9. The molecule has 1 amide bonds. The molecule has 1 heterocycles. The second kappa shape index (κ2) is 7.93. The quantitative estimate of drug-likeness (QED) is 0.856. The van der Waals surface area contributed by atoms with Crippen LogP contribution >= 0.6 is 0 Å². The van der Waals surface area contributed by atoms with Crippen LogP contribution in [0.2, 0.25) is 0 Å². The van der Waals surface area contributed by atoms with Gasteiger partial charge in [-0.05, 0) is 29.7 Å². The van der Waals surface area contributed by atoms with Gasteiger partial charge in [0.2, 0.25) is 0 Å². The van der Waals surface area contributed by atoms with Gasteiger partial charge < -0.3 is 15.2 Å². The van der Waals surface area contributed by atoms with Crippen LogP contribution in [0.5, 0.6) is 0 Å². The summed E-state index contributed by atoms with van der Waals surface area (Å²) in [5.74, 6) is -1.01. The number of carboxylic acids is 1. The van der Waals surface area contributed by atoms with E-state index in [1.807, 2.05) is 37.3 Å². The fraction of sp³-hybridized carbons (Fsp3) is 0.235. The van der Waals surface area contributed by atoms with Gasteiger partial charge in [0.1, 0.15) is 6.61 Å². The van der Waals surface area contributed by atoms with E-state index in [2.05, 4.69) is 10.3 Å². The number of nitrogens with one attached hydrogen (secondary N) is 1. The molecule has 0 saturated heterocycles. The lowest BCUT2D eigenvalue weighted by molar-refractivity contribution is -0.137. The van der Waals surface area contributed by atoms with E-state index in [9.17, 15) is 9.59 Å². The monoisotopic (exact) mass is 314 g/mol. The molecule has 1 aromatic heterocycles. The van der Waals surface area contributed by atoms with Crippen LogP contribution < -0.4 is 5.32 Å². The minimum atomic E-state index is -1.01. The van der Waals surface area contributed by atoms with E-state index in [0.717, 1.165) is 11.1 Å². The number of hydrogen-bond donors (Lipinski definition) is 2. The summed E-state index contributed by atoms with van der Waals surface area (Å²) >= 11 is 0. The van der Waals surface area contributed by atoms with Crippen LogP contribution in [0.3, 0.4) is 0 Å². The summed E-state index contributed by atoms with van der Waals surface area (Å²) in [6, 6.07) is 10.3. The fourth-order valence-corrected chi connectivity index (χ4v) is 2.16. The molecule has 2 N–H and O–H groups in total. The number of nitrogens with zero attached hydrogens (tertiary/aromatic N) is 1. The highest BCUT2D eigenvalue weighted by atomic mass is 16.5. The number of benzene rings is 1. The van der Waals surface area contributed by atoms with Crippen LogP contribution in [-0.4, -0.2) is 22.2 Å². The van der Waals surface area contributed by atoms with Crippen molar-refractivity contribution in [3.8, 4) is 0 Å². The Morgan fingerprint density at radius 1 is 1.26 bits per heavy atom. The van der Waals surface area contributed by atoms with Crippen LogP contribution in [0, 0.1) is 6.92 Å². The van der Waals surface area contributed by atoms with E-state index >= 15 is 0 Å². The Bertz CT molecular complexity index is 673. The molecule has 120 valence electrons. The number of ether oxygens (including phenoxy) is 1. The fourth-order valence-electron chi connectivity index (χ4n) is 2.16. The highest BCUT2D eigenvalue weighted by Crippen LogP contribution is 2.20. The van der Waals surface area contributed by atoms with Gasteiger partial charge in [-0.3, -0.25) is 9.78 Å².